The Kier molecular flexibility index (Phi) is 3.56. The first-order valence-electron chi connectivity index (χ1n) is 8.93. The van der Waals surface area contributed by atoms with Crippen molar-refractivity contribution in [3.63, 3.8) is 0 Å². The fourth-order valence-electron chi connectivity index (χ4n) is 5.09. The smallest absolute Gasteiger partial charge is 0.0224 e. The van der Waals surface area contributed by atoms with Crippen LogP contribution in [0, 0.1) is 5.92 Å². The summed E-state index contributed by atoms with van der Waals surface area (Å²) >= 11 is 0. The molecule has 1 aliphatic carbocycles. The van der Waals surface area contributed by atoms with Crippen LogP contribution in [-0.4, -0.2) is 60.1 Å². The third-order valence-corrected chi connectivity index (χ3v) is 6.62. The van der Waals surface area contributed by atoms with Gasteiger partial charge in [-0.15, -0.1) is 0 Å². The van der Waals surface area contributed by atoms with Crippen LogP contribution in [0.1, 0.15) is 51.9 Å². The van der Waals surface area contributed by atoms with Gasteiger partial charge in [-0.05, 0) is 58.4 Å². The van der Waals surface area contributed by atoms with Gasteiger partial charge in [0.15, 0.2) is 0 Å². The van der Waals surface area contributed by atoms with Gasteiger partial charge in [-0.25, -0.2) is 0 Å². The molecule has 2 bridgehead atoms. The summed E-state index contributed by atoms with van der Waals surface area (Å²) in [5, 5.41) is 3.81. The molecular formula is C17H31N3. The van der Waals surface area contributed by atoms with Gasteiger partial charge in [0.05, 0.1) is 0 Å². The number of rotatable bonds is 2. The highest BCUT2D eigenvalue weighted by Crippen LogP contribution is 2.38. The van der Waals surface area contributed by atoms with Crippen LogP contribution in [0.25, 0.3) is 0 Å². The van der Waals surface area contributed by atoms with Crippen LogP contribution in [0.5, 0.6) is 0 Å². The normalized spacial score (nSPS) is 47.4. The summed E-state index contributed by atoms with van der Waals surface area (Å²) in [6, 6.07) is 4.13. The number of hydrogen-bond donors (Lipinski definition) is 1. The molecule has 20 heavy (non-hydrogen) atoms. The zero-order chi connectivity index (χ0) is 13.7. The van der Waals surface area contributed by atoms with Gasteiger partial charge in [-0.3, -0.25) is 4.90 Å². The highest BCUT2D eigenvalue weighted by Gasteiger charge is 2.42. The molecule has 3 heteroatoms. The second-order valence-corrected chi connectivity index (χ2v) is 7.93. The Hall–Kier alpha value is -0.120. The Morgan fingerprint density at radius 2 is 1.65 bits per heavy atom. The molecular weight excluding hydrogens is 246 g/mol. The average molecular weight is 277 g/mol. The van der Waals surface area contributed by atoms with E-state index < -0.39 is 0 Å². The number of piperidine rings is 2. The number of nitrogens with zero attached hydrogens (tertiary/aromatic N) is 2. The summed E-state index contributed by atoms with van der Waals surface area (Å²) in [4.78, 5) is 5.59. The van der Waals surface area contributed by atoms with Gasteiger partial charge < -0.3 is 10.2 Å². The van der Waals surface area contributed by atoms with E-state index in [0.717, 1.165) is 36.1 Å². The van der Waals surface area contributed by atoms with Gasteiger partial charge in [0.25, 0.3) is 0 Å². The van der Waals surface area contributed by atoms with Crippen molar-refractivity contribution in [2.24, 2.45) is 5.92 Å². The molecule has 3 heterocycles. The Morgan fingerprint density at radius 1 is 0.950 bits per heavy atom. The van der Waals surface area contributed by atoms with E-state index in [-0.39, 0.29) is 0 Å². The maximum Gasteiger partial charge on any atom is 0.0224 e. The summed E-state index contributed by atoms with van der Waals surface area (Å²) in [6.07, 6.45) is 10.1. The van der Waals surface area contributed by atoms with Crippen LogP contribution >= 0.6 is 0 Å². The van der Waals surface area contributed by atoms with Crippen molar-refractivity contribution in [1.82, 2.24) is 15.1 Å². The van der Waals surface area contributed by atoms with Gasteiger partial charge in [-0.2, -0.15) is 0 Å². The SMILES string of the molecule is CC1CNC(C2CC2)CN1C1CC2CCCC(C1)N2C. The minimum Gasteiger partial charge on any atom is -0.311 e. The second kappa shape index (κ2) is 5.26. The van der Waals surface area contributed by atoms with E-state index >= 15 is 0 Å². The molecule has 1 saturated carbocycles. The van der Waals surface area contributed by atoms with Crippen LogP contribution in [0.4, 0.5) is 0 Å². The zero-order valence-electron chi connectivity index (χ0n) is 13.2. The first-order chi connectivity index (χ1) is 9.72. The third kappa shape index (κ3) is 2.42. The summed E-state index contributed by atoms with van der Waals surface area (Å²) in [5.74, 6) is 0.996. The van der Waals surface area contributed by atoms with E-state index in [4.69, 9.17) is 0 Å². The summed E-state index contributed by atoms with van der Waals surface area (Å²) in [7, 11) is 2.37. The molecule has 4 unspecified atom stereocenters. The molecule has 4 rings (SSSR count). The van der Waals surface area contributed by atoms with Crippen LogP contribution in [0.2, 0.25) is 0 Å². The molecule has 0 radical (unpaired) electrons. The molecule has 1 N–H and O–H groups in total. The van der Waals surface area contributed by atoms with Gasteiger partial charge in [0.2, 0.25) is 0 Å². The molecule has 3 aliphatic heterocycles. The lowest BCUT2D eigenvalue weighted by molar-refractivity contribution is -0.0167. The number of piperazine rings is 1. The second-order valence-electron chi connectivity index (χ2n) is 7.93. The van der Waals surface area contributed by atoms with Gasteiger partial charge >= 0.3 is 0 Å². The molecule has 0 aromatic heterocycles. The van der Waals surface area contributed by atoms with Gasteiger partial charge in [0, 0.05) is 43.3 Å². The van der Waals surface area contributed by atoms with Crippen LogP contribution in [0.15, 0.2) is 0 Å². The Labute approximate surface area is 124 Å². The molecule has 114 valence electrons. The minimum atomic E-state index is 0.735. The maximum atomic E-state index is 3.81. The maximum absolute atomic E-state index is 3.81. The molecule has 3 nitrogen and oxygen atoms in total. The highest BCUT2D eigenvalue weighted by atomic mass is 15.3. The predicted octanol–water partition coefficient (Wildman–Crippen LogP) is 2.07. The van der Waals surface area contributed by atoms with Crippen LogP contribution in [0.3, 0.4) is 0 Å². The molecule has 4 atom stereocenters. The summed E-state index contributed by atoms with van der Waals surface area (Å²) in [5.41, 5.74) is 0. The molecule has 0 spiro atoms. The first-order valence-corrected chi connectivity index (χ1v) is 8.93. The fraction of sp³-hybridized carbons (Fsp3) is 1.00. The summed E-state index contributed by atoms with van der Waals surface area (Å²) < 4.78 is 0. The molecule has 3 saturated heterocycles. The summed E-state index contributed by atoms with van der Waals surface area (Å²) in [6.45, 7) is 4.96. The van der Waals surface area contributed by atoms with E-state index in [0.29, 0.717) is 0 Å². The molecule has 4 fully saturated rings. The van der Waals surface area contributed by atoms with Crippen molar-refractivity contribution < 1.29 is 0 Å². The number of hydrogen-bond acceptors (Lipinski definition) is 3. The van der Waals surface area contributed by atoms with Crippen LogP contribution < -0.4 is 5.32 Å². The molecule has 0 aromatic carbocycles. The van der Waals surface area contributed by atoms with E-state index in [9.17, 15) is 0 Å². The number of nitrogens with one attached hydrogen (secondary N) is 1. The van der Waals surface area contributed by atoms with Crippen molar-refractivity contribution in [3.05, 3.63) is 0 Å². The zero-order valence-corrected chi connectivity index (χ0v) is 13.2. The lowest BCUT2D eigenvalue weighted by atomic mass is 9.81. The third-order valence-electron chi connectivity index (χ3n) is 6.62. The van der Waals surface area contributed by atoms with E-state index in [1.807, 2.05) is 0 Å². The lowest BCUT2D eigenvalue weighted by Gasteiger charge is -2.52. The Balaban J connectivity index is 1.45. The fourth-order valence-corrected chi connectivity index (χ4v) is 5.09. The Bertz CT molecular complexity index is 340. The topological polar surface area (TPSA) is 18.5 Å². The van der Waals surface area contributed by atoms with Gasteiger partial charge in [0.1, 0.15) is 0 Å². The van der Waals surface area contributed by atoms with Gasteiger partial charge in [-0.1, -0.05) is 6.42 Å². The van der Waals surface area contributed by atoms with Crippen molar-refractivity contribution in [3.8, 4) is 0 Å². The standard InChI is InChI=1S/C17H31N3/c1-12-10-18-17(13-6-7-13)11-20(12)16-8-14-4-3-5-15(9-16)19(14)2/h12-18H,3-11H2,1-2H3. The largest absolute Gasteiger partial charge is 0.311 e. The Morgan fingerprint density at radius 3 is 2.30 bits per heavy atom. The molecule has 4 aliphatic rings. The molecule has 0 aromatic rings. The van der Waals surface area contributed by atoms with E-state index in [2.05, 4.69) is 29.1 Å². The minimum absolute atomic E-state index is 0.735. The van der Waals surface area contributed by atoms with Crippen molar-refractivity contribution in [2.45, 2.75) is 82.1 Å². The first kappa shape index (κ1) is 13.5. The van der Waals surface area contributed by atoms with Crippen molar-refractivity contribution in [1.29, 1.82) is 0 Å². The van der Waals surface area contributed by atoms with Crippen molar-refractivity contribution in [2.75, 3.05) is 20.1 Å². The van der Waals surface area contributed by atoms with Crippen LogP contribution in [-0.2, 0) is 0 Å². The quantitative estimate of drug-likeness (QED) is 0.834. The lowest BCUT2D eigenvalue weighted by Crippen LogP contribution is -2.63. The van der Waals surface area contributed by atoms with E-state index in [1.54, 1.807) is 0 Å². The van der Waals surface area contributed by atoms with E-state index in [1.165, 1.54) is 58.0 Å². The van der Waals surface area contributed by atoms with Crippen molar-refractivity contribution >= 4 is 0 Å². The average Bonchev–Trinajstić information content (AvgIpc) is 3.23. The highest BCUT2D eigenvalue weighted by molar-refractivity contribution is 5.00. The number of fused-ring (bicyclic) bond motifs is 2. The monoisotopic (exact) mass is 277 g/mol. The molecule has 0 amide bonds. The predicted molar refractivity (Wildman–Crippen MR) is 82.9 cm³/mol.